The third kappa shape index (κ3) is 5.41. The van der Waals surface area contributed by atoms with Crippen LogP contribution in [0.15, 0.2) is 0 Å². The van der Waals surface area contributed by atoms with Crippen molar-refractivity contribution in [3.05, 3.63) is 0 Å². The minimum atomic E-state index is 0.212. The van der Waals surface area contributed by atoms with Gasteiger partial charge in [0.15, 0.2) is 0 Å². The van der Waals surface area contributed by atoms with Crippen molar-refractivity contribution in [2.45, 2.75) is 65.5 Å². The predicted molar refractivity (Wildman–Crippen MR) is 84.5 cm³/mol. The van der Waals surface area contributed by atoms with E-state index in [-0.39, 0.29) is 11.8 Å². The normalized spacial score (nSPS) is 23.6. The lowest BCUT2D eigenvalue weighted by molar-refractivity contribution is -0.126. The van der Waals surface area contributed by atoms with E-state index < -0.39 is 0 Å². The summed E-state index contributed by atoms with van der Waals surface area (Å²) in [5.74, 6) is 1.09. The van der Waals surface area contributed by atoms with Crippen LogP contribution in [0.5, 0.6) is 0 Å². The number of carbonyl (C=O) groups is 1. The first-order chi connectivity index (χ1) is 9.45. The minimum absolute atomic E-state index is 0.212. The van der Waals surface area contributed by atoms with Crippen LogP contribution in [0.1, 0.15) is 53.4 Å². The Labute approximate surface area is 124 Å². The summed E-state index contributed by atoms with van der Waals surface area (Å²) in [7, 11) is 0. The van der Waals surface area contributed by atoms with Gasteiger partial charge in [0, 0.05) is 31.1 Å². The molecule has 0 aliphatic heterocycles. The van der Waals surface area contributed by atoms with Crippen molar-refractivity contribution in [3.8, 4) is 0 Å². The second-order valence-corrected chi connectivity index (χ2v) is 6.67. The molecule has 0 aromatic heterocycles. The molecular weight excluding hydrogens is 250 g/mol. The molecular formula is C16H33N3O. The zero-order valence-corrected chi connectivity index (χ0v) is 13.7. The van der Waals surface area contributed by atoms with Gasteiger partial charge in [0.25, 0.3) is 0 Å². The Hall–Kier alpha value is -0.610. The maximum absolute atomic E-state index is 12.2. The average molecular weight is 283 g/mol. The number of amides is 1. The summed E-state index contributed by atoms with van der Waals surface area (Å²) in [5.41, 5.74) is 5.69. The lowest BCUT2D eigenvalue weighted by Gasteiger charge is -2.31. The lowest BCUT2D eigenvalue weighted by atomic mass is 9.81. The van der Waals surface area contributed by atoms with Crippen LogP contribution in [-0.2, 0) is 4.79 Å². The SMILES string of the molecule is CC(C)N(CCNC(=O)C1CCC(CN)CC1)C(C)C. The van der Waals surface area contributed by atoms with E-state index in [1.54, 1.807) is 0 Å². The molecule has 0 aromatic rings. The Bertz CT molecular complexity index is 275. The van der Waals surface area contributed by atoms with E-state index in [9.17, 15) is 4.79 Å². The molecule has 1 aliphatic rings. The van der Waals surface area contributed by atoms with Crippen LogP contribution >= 0.6 is 0 Å². The standard InChI is InChI=1S/C16H33N3O/c1-12(2)19(13(3)4)10-9-18-16(20)15-7-5-14(11-17)6-8-15/h12-15H,5-11,17H2,1-4H3,(H,18,20). The van der Waals surface area contributed by atoms with Gasteiger partial charge >= 0.3 is 0 Å². The van der Waals surface area contributed by atoms with Crippen LogP contribution < -0.4 is 11.1 Å². The summed E-state index contributed by atoms with van der Waals surface area (Å²) in [6, 6.07) is 1.04. The molecule has 4 heteroatoms. The van der Waals surface area contributed by atoms with E-state index >= 15 is 0 Å². The maximum Gasteiger partial charge on any atom is 0.223 e. The van der Waals surface area contributed by atoms with Gasteiger partial charge in [-0.2, -0.15) is 0 Å². The highest BCUT2D eigenvalue weighted by atomic mass is 16.1. The molecule has 0 radical (unpaired) electrons. The van der Waals surface area contributed by atoms with E-state index in [0.29, 0.717) is 18.0 Å². The molecule has 1 rings (SSSR count). The molecule has 1 aliphatic carbocycles. The molecule has 0 spiro atoms. The fourth-order valence-electron chi connectivity index (χ4n) is 3.23. The summed E-state index contributed by atoms with van der Waals surface area (Å²) < 4.78 is 0. The number of nitrogens with two attached hydrogens (primary N) is 1. The number of hydrogen-bond acceptors (Lipinski definition) is 3. The van der Waals surface area contributed by atoms with Gasteiger partial charge in [0.1, 0.15) is 0 Å². The summed E-state index contributed by atoms with van der Waals surface area (Å²) in [4.78, 5) is 14.6. The van der Waals surface area contributed by atoms with Crippen LogP contribution in [0.4, 0.5) is 0 Å². The Morgan fingerprint density at radius 2 is 1.70 bits per heavy atom. The minimum Gasteiger partial charge on any atom is -0.355 e. The first kappa shape index (κ1) is 17.4. The number of carbonyl (C=O) groups excluding carboxylic acids is 1. The predicted octanol–water partition coefficient (Wildman–Crippen LogP) is 1.99. The van der Waals surface area contributed by atoms with Gasteiger partial charge in [-0.1, -0.05) is 0 Å². The van der Waals surface area contributed by atoms with Crippen molar-refractivity contribution in [1.29, 1.82) is 0 Å². The van der Waals surface area contributed by atoms with E-state index in [1.165, 1.54) is 0 Å². The van der Waals surface area contributed by atoms with Crippen molar-refractivity contribution in [1.82, 2.24) is 10.2 Å². The molecule has 3 N–H and O–H groups in total. The number of rotatable bonds is 7. The Balaban J connectivity index is 2.26. The van der Waals surface area contributed by atoms with Gasteiger partial charge in [-0.25, -0.2) is 0 Å². The fourth-order valence-corrected chi connectivity index (χ4v) is 3.23. The third-order valence-corrected chi connectivity index (χ3v) is 4.55. The molecule has 20 heavy (non-hydrogen) atoms. The number of nitrogens with one attached hydrogen (secondary N) is 1. The molecule has 118 valence electrons. The van der Waals surface area contributed by atoms with Crippen LogP contribution in [0.2, 0.25) is 0 Å². The summed E-state index contributed by atoms with van der Waals surface area (Å²) in [6.07, 6.45) is 4.23. The van der Waals surface area contributed by atoms with E-state index in [1.807, 2.05) is 0 Å². The van der Waals surface area contributed by atoms with Crippen molar-refractivity contribution in [3.63, 3.8) is 0 Å². The molecule has 4 nitrogen and oxygen atoms in total. The molecule has 0 atom stereocenters. The highest BCUT2D eigenvalue weighted by molar-refractivity contribution is 5.78. The molecule has 1 fully saturated rings. The smallest absolute Gasteiger partial charge is 0.223 e. The first-order valence-electron chi connectivity index (χ1n) is 8.19. The zero-order valence-electron chi connectivity index (χ0n) is 13.7. The van der Waals surface area contributed by atoms with Crippen molar-refractivity contribution < 1.29 is 4.79 Å². The Morgan fingerprint density at radius 3 is 2.15 bits per heavy atom. The Kier molecular flexibility index (Phi) is 7.52. The monoisotopic (exact) mass is 283 g/mol. The van der Waals surface area contributed by atoms with Crippen LogP contribution in [0.25, 0.3) is 0 Å². The third-order valence-electron chi connectivity index (χ3n) is 4.55. The number of hydrogen-bond donors (Lipinski definition) is 2. The lowest BCUT2D eigenvalue weighted by Crippen LogP contribution is -2.44. The van der Waals surface area contributed by atoms with E-state index in [4.69, 9.17) is 5.73 Å². The van der Waals surface area contributed by atoms with E-state index in [0.717, 1.165) is 45.3 Å². The quantitative estimate of drug-likeness (QED) is 0.751. The van der Waals surface area contributed by atoms with Gasteiger partial charge < -0.3 is 11.1 Å². The molecule has 1 amide bonds. The van der Waals surface area contributed by atoms with E-state index in [2.05, 4.69) is 37.9 Å². The van der Waals surface area contributed by atoms with Gasteiger partial charge in [-0.05, 0) is 65.8 Å². The summed E-state index contributed by atoms with van der Waals surface area (Å²) >= 11 is 0. The first-order valence-corrected chi connectivity index (χ1v) is 8.19. The van der Waals surface area contributed by atoms with Crippen molar-refractivity contribution in [2.75, 3.05) is 19.6 Å². The molecule has 0 unspecified atom stereocenters. The highest BCUT2D eigenvalue weighted by Gasteiger charge is 2.25. The summed E-state index contributed by atoms with van der Waals surface area (Å²) in [6.45, 7) is 11.3. The molecule has 1 saturated carbocycles. The largest absolute Gasteiger partial charge is 0.355 e. The molecule has 0 bridgehead atoms. The molecule has 0 aromatic carbocycles. The molecule has 0 saturated heterocycles. The fraction of sp³-hybridized carbons (Fsp3) is 0.938. The van der Waals surface area contributed by atoms with Crippen molar-refractivity contribution in [2.24, 2.45) is 17.6 Å². The van der Waals surface area contributed by atoms with Crippen molar-refractivity contribution >= 4 is 5.91 Å². The van der Waals surface area contributed by atoms with Gasteiger partial charge in [-0.15, -0.1) is 0 Å². The van der Waals surface area contributed by atoms with Gasteiger partial charge in [0.2, 0.25) is 5.91 Å². The second-order valence-electron chi connectivity index (χ2n) is 6.67. The maximum atomic E-state index is 12.2. The molecule has 0 heterocycles. The second kappa shape index (κ2) is 8.63. The average Bonchev–Trinajstić information content (AvgIpc) is 2.42. The highest BCUT2D eigenvalue weighted by Crippen LogP contribution is 2.28. The topological polar surface area (TPSA) is 58.4 Å². The van der Waals surface area contributed by atoms with Crippen LogP contribution in [-0.4, -0.2) is 42.5 Å². The van der Waals surface area contributed by atoms with Gasteiger partial charge in [0.05, 0.1) is 0 Å². The van der Waals surface area contributed by atoms with Crippen LogP contribution in [0.3, 0.4) is 0 Å². The van der Waals surface area contributed by atoms with Crippen LogP contribution in [0, 0.1) is 11.8 Å². The zero-order chi connectivity index (χ0) is 15.1. The van der Waals surface area contributed by atoms with Gasteiger partial charge in [-0.3, -0.25) is 9.69 Å². The Morgan fingerprint density at radius 1 is 1.15 bits per heavy atom. The number of nitrogens with zero attached hydrogens (tertiary/aromatic N) is 1. The summed E-state index contributed by atoms with van der Waals surface area (Å²) in [5, 5.41) is 3.11.